The zero-order chi connectivity index (χ0) is 34.1. The largest absolute Gasteiger partial charge is 0.309 e. The minimum atomic E-state index is -0.176. The first-order valence-electron chi connectivity index (χ1n) is 18.0. The van der Waals surface area contributed by atoms with Gasteiger partial charge >= 0.3 is 0 Å². The van der Waals surface area contributed by atoms with Gasteiger partial charge in [-0.1, -0.05) is 166 Å². The lowest BCUT2D eigenvalue weighted by Crippen LogP contribution is -2.16. The van der Waals surface area contributed by atoms with Crippen molar-refractivity contribution in [3.8, 4) is 16.8 Å². The number of hydrogen-bond acceptors (Lipinski definition) is 0. The standard InChI is InChI=1S/C50H37N/c1-50(2)44-26-13-11-24-42(44)46-40-22-9-10-23-41(40)47-43-25-12-14-27-45(43)51(49(47)48(46)50)39-21-15-20-35(32-39)38-30-36(33-16-5-3-6-17-33)28-29-37(31-38)34-18-7-4-8-19-34/h3-28,30-32H,29H2,1-2H3. The summed E-state index contributed by atoms with van der Waals surface area (Å²) in [6.07, 6.45) is 8.03. The summed E-state index contributed by atoms with van der Waals surface area (Å²) in [5, 5.41) is 5.26. The van der Waals surface area contributed by atoms with E-state index in [0.29, 0.717) is 0 Å². The molecule has 1 heterocycles. The van der Waals surface area contributed by atoms with Crippen molar-refractivity contribution in [2.24, 2.45) is 0 Å². The molecule has 1 heteroatoms. The molecule has 2 aliphatic rings. The molecule has 0 bridgehead atoms. The Hall–Kier alpha value is -6.18. The minimum absolute atomic E-state index is 0.176. The molecule has 2 aliphatic carbocycles. The Morgan fingerprint density at radius 2 is 1.18 bits per heavy atom. The van der Waals surface area contributed by atoms with Gasteiger partial charge in [-0.15, -0.1) is 0 Å². The van der Waals surface area contributed by atoms with Crippen LogP contribution in [0.5, 0.6) is 0 Å². The zero-order valence-corrected chi connectivity index (χ0v) is 28.9. The number of hydrogen-bond donors (Lipinski definition) is 0. The predicted molar refractivity (Wildman–Crippen MR) is 217 cm³/mol. The second-order valence-electron chi connectivity index (χ2n) is 14.5. The highest BCUT2D eigenvalue weighted by Gasteiger charge is 2.40. The number of para-hydroxylation sites is 1. The second kappa shape index (κ2) is 11.4. The van der Waals surface area contributed by atoms with Crippen LogP contribution in [0.15, 0.2) is 176 Å². The van der Waals surface area contributed by atoms with E-state index in [0.717, 1.165) is 6.42 Å². The van der Waals surface area contributed by atoms with Crippen LogP contribution in [0.25, 0.3) is 66.1 Å². The van der Waals surface area contributed by atoms with Crippen LogP contribution in [0.3, 0.4) is 0 Å². The average molecular weight is 652 g/mol. The quantitative estimate of drug-likeness (QED) is 0.178. The van der Waals surface area contributed by atoms with Crippen molar-refractivity contribution in [1.82, 2.24) is 4.57 Å². The van der Waals surface area contributed by atoms with Gasteiger partial charge in [0.1, 0.15) is 0 Å². The molecule has 242 valence electrons. The third kappa shape index (κ3) is 4.55. The molecular formula is C50H37N. The van der Waals surface area contributed by atoms with E-state index in [-0.39, 0.29) is 5.41 Å². The molecule has 0 unspecified atom stereocenters. The first-order chi connectivity index (χ1) is 25.1. The van der Waals surface area contributed by atoms with Crippen LogP contribution in [0.1, 0.15) is 48.1 Å². The van der Waals surface area contributed by atoms with Crippen LogP contribution >= 0.6 is 0 Å². The van der Waals surface area contributed by atoms with Crippen LogP contribution in [0.2, 0.25) is 0 Å². The van der Waals surface area contributed by atoms with Crippen molar-refractivity contribution in [3.05, 3.63) is 204 Å². The van der Waals surface area contributed by atoms with Crippen LogP contribution in [0, 0.1) is 0 Å². The molecular weight excluding hydrogens is 615 g/mol. The average Bonchev–Trinajstić information content (AvgIpc) is 3.52. The fourth-order valence-corrected chi connectivity index (χ4v) is 8.87. The third-order valence-corrected chi connectivity index (χ3v) is 11.2. The molecule has 0 N–H and O–H groups in total. The number of aromatic nitrogens is 1. The molecule has 0 radical (unpaired) electrons. The molecule has 10 rings (SSSR count). The Labute approximate surface area is 299 Å². The lowest BCUT2D eigenvalue weighted by Gasteiger charge is -2.24. The van der Waals surface area contributed by atoms with Gasteiger partial charge in [-0.3, -0.25) is 0 Å². The lowest BCUT2D eigenvalue weighted by molar-refractivity contribution is 0.664. The van der Waals surface area contributed by atoms with Crippen molar-refractivity contribution in [3.63, 3.8) is 0 Å². The van der Waals surface area contributed by atoms with Gasteiger partial charge in [0.15, 0.2) is 0 Å². The maximum atomic E-state index is 2.56. The lowest BCUT2D eigenvalue weighted by atomic mass is 9.80. The van der Waals surface area contributed by atoms with Gasteiger partial charge < -0.3 is 4.57 Å². The fourth-order valence-electron chi connectivity index (χ4n) is 8.87. The van der Waals surface area contributed by atoms with Gasteiger partial charge in [0, 0.05) is 21.9 Å². The summed E-state index contributed by atoms with van der Waals surface area (Å²) >= 11 is 0. The van der Waals surface area contributed by atoms with Gasteiger partial charge in [0.25, 0.3) is 0 Å². The smallest absolute Gasteiger partial charge is 0.0594 e. The Morgan fingerprint density at radius 1 is 0.529 bits per heavy atom. The SMILES string of the molecule is CC1(C)c2ccccc2-c2c1c1c(c3ccccc23)c2ccccc2n1-c1cccc(C2=CC(c3ccccc3)=CCC(c3ccccc3)=C2)c1. The number of fused-ring (bicyclic) bond motifs is 10. The van der Waals surface area contributed by atoms with E-state index in [1.165, 1.54) is 93.9 Å². The van der Waals surface area contributed by atoms with Crippen molar-refractivity contribution in [1.29, 1.82) is 0 Å². The molecule has 0 atom stereocenters. The molecule has 7 aromatic carbocycles. The van der Waals surface area contributed by atoms with Gasteiger partial charge in [-0.2, -0.15) is 0 Å². The van der Waals surface area contributed by atoms with E-state index < -0.39 is 0 Å². The molecule has 1 nitrogen and oxygen atoms in total. The van der Waals surface area contributed by atoms with E-state index >= 15 is 0 Å². The van der Waals surface area contributed by atoms with Crippen LogP contribution in [0.4, 0.5) is 0 Å². The van der Waals surface area contributed by atoms with E-state index in [2.05, 4.69) is 194 Å². The summed E-state index contributed by atoms with van der Waals surface area (Å²) in [4.78, 5) is 0. The zero-order valence-electron chi connectivity index (χ0n) is 28.9. The van der Waals surface area contributed by atoms with E-state index in [1.54, 1.807) is 0 Å². The first-order valence-corrected chi connectivity index (χ1v) is 18.0. The highest BCUT2D eigenvalue weighted by molar-refractivity contribution is 6.27. The van der Waals surface area contributed by atoms with Gasteiger partial charge in [0.05, 0.1) is 11.0 Å². The molecule has 1 aromatic heterocycles. The van der Waals surface area contributed by atoms with E-state index in [4.69, 9.17) is 0 Å². The molecule has 0 saturated carbocycles. The summed E-state index contributed by atoms with van der Waals surface area (Å²) in [7, 11) is 0. The van der Waals surface area contributed by atoms with Crippen LogP contribution in [-0.4, -0.2) is 4.57 Å². The molecule has 0 spiro atoms. The van der Waals surface area contributed by atoms with Crippen molar-refractivity contribution in [2.45, 2.75) is 25.7 Å². The molecule has 8 aromatic rings. The van der Waals surface area contributed by atoms with Gasteiger partial charge in [-0.05, 0) is 97.1 Å². The van der Waals surface area contributed by atoms with Gasteiger partial charge in [-0.25, -0.2) is 0 Å². The summed E-state index contributed by atoms with van der Waals surface area (Å²) < 4.78 is 2.56. The highest BCUT2D eigenvalue weighted by Crippen LogP contribution is 2.56. The number of nitrogens with zero attached hydrogens (tertiary/aromatic N) is 1. The van der Waals surface area contributed by atoms with Crippen LogP contribution in [-0.2, 0) is 5.41 Å². The number of benzene rings is 7. The molecule has 0 fully saturated rings. The topological polar surface area (TPSA) is 4.93 Å². The maximum absolute atomic E-state index is 2.56. The summed E-state index contributed by atoms with van der Waals surface area (Å²) in [6.45, 7) is 4.82. The molecule has 0 aliphatic heterocycles. The minimum Gasteiger partial charge on any atom is -0.309 e. The monoisotopic (exact) mass is 651 g/mol. The van der Waals surface area contributed by atoms with Gasteiger partial charge in [0.2, 0.25) is 0 Å². The van der Waals surface area contributed by atoms with Crippen LogP contribution < -0.4 is 0 Å². The highest BCUT2D eigenvalue weighted by atomic mass is 15.0. The Morgan fingerprint density at radius 3 is 1.98 bits per heavy atom. The Balaban J connectivity index is 1.26. The van der Waals surface area contributed by atoms with Crippen molar-refractivity contribution < 1.29 is 0 Å². The summed E-state index contributed by atoms with van der Waals surface area (Å²) in [6, 6.07) is 57.9. The first kappa shape index (κ1) is 29.7. The van der Waals surface area contributed by atoms with E-state index in [9.17, 15) is 0 Å². The summed E-state index contributed by atoms with van der Waals surface area (Å²) in [5.41, 5.74) is 16.6. The van der Waals surface area contributed by atoms with E-state index in [1.807, 2.05) is 0 Å². The maximum Gasteiger partial charge on any atom is 0.0594 e. The molecule has 0 amide bonds. The third-order valence-electron chi connectivity index (χ3n) is 11.2. The molecule has 0 saturated heterocycles. The number of rotatable bonds is 4. The normalized spacial score (nSPS) is 14.9. The Bertz CT molecular complexity index is 2770. The fraction of sp³-hybridized carbons (Fsp3) is 0.0800. The second-order valence-corrected chi connectivity index (χ2v) is 14.5. The predicted octanol–water partition coefficient (Wildman–Crippen LogP) is 13.2. The Kier molecular flexibility index (Phi) is 6.66. The summed E-state index contributed by atoms with van der Waals surface area (Å²) in [5.74, 6) is 0. The van der Waals surface area contributed by atoms with Crippen molar-refractivity contribution >= 4 is 49.3 Å². The number of allylic oxidation sites excluding steroid dienone is 6. The molecule has 51 heavy (non-hydrogen) atoms. The van der Waals surface area contributed by atoms with Crippen molar-refractivity contribution in [2.75, 3.05) is 0 Å².